The van der Waals surface area contributed by atoms with Gasteiger partial charge in [-0.1, -0.05) is 6.07 Å². The number of aliphatic hydroxyl groups excluding tert-OH is 1. The van der Waals surface area contributed by atoms with Gasteiger partial charge in [0, 0.05) is 33.1 Å². The summed E-state index contributed by atoms with van der Waals surface area (Å²) in [5.74, 6) is 0.288. The number of amides is 3. The number of benzene rings is 1. The highest BCUT2D eigenvalue weighted by molar-refractivity contribution is 5.87. The van der Waals surface area contributed by atoms with E-state index in [1.54, 1.807) is 31.0 Å². The zero-order chi connectivity index (χ0) is 25.6. The number of likely N-dealkylation sites (N-methyl/N-ethyl adjacent to an activating group) is 1. The summed E-state index contributed by atoms with van der Waals surface area (Å²) in [7, 11) is 3.24. The van der Waals surface area contributed by atoms with E-state index in [0.717, 1.165) is 37.9 Å². The van der Waals surface area contributed by atoms with Crippen molar-refractivity contribution in [3.05, 3.63) is 23.8 Å². The molecule has 1 aromatic rings. The predicted octanol–water partition coefficient (Wildman–Crippen LogP) is 0.564. The largest absolute Gasteiger partial charge is 0.493 e. The fraction of sp³-hybridized carbons (Fsp3) is 0.640. The minimum absolute atomic E-state index is 0.0276. The number of nitrogens with one attached hydrogen (secondary N) is 2. The number of methoxy groups -OCH3 is 1. The van der Waals surface area contributed by atoms with Gasteiger partial charge in [-0.25, -0.2) is 0 Å². The van der Waals surface area contributed by atoms with E-state index in [-0.39, 0.29) is 25.0 Å². The number of β-amino-alcohol motifs (C(OH)–C–C–N with tert-alkyl or cyclic N) is 1. The molecule has 0 aromatic heterocycles. The molecule has 35 heavy (non-hydrogen) atoms. The molecule has 196 valence electrons. The van der Waals surface area contributed by atoms with Crippen LogP contribution in [0.25, 0.3) is 0 Å². The van der Waals surface area contributed by atoms with Crippen LogP contribution in [0.15, 0.2) is 18.2 Å². The minimum Gasteiger partial charge on any atom is -0.493 e. The third kappa shape index (κ3) is 10.1. The molecule has 10 heteroatoms. The van der Waals surface area contributed by atoms with E-state index in [2.05, 4.69) is 15.5 Å². The van der Waals surface area contributed by atoms with Gasteiger partial charge >= 0.3 is 0 Å². The van der Waals surface area contributed by atoms with Gasteiger partial charge < -0.3 is 35.0 Å². The highest BCUT2D eigenvalue weighted by Crippen LogP contribution is 2.28. The van der Waals surface area contributed by atoms with Gasteiger partial charge in [0.15, 0.2) is 18.1 Å². The van der Waals surface area contributed by atoms with Gasteiger partial charge in [-0.3, -0.25) is 14.4 Å². The SMILES string of the molecule is COc1ccc2cc1OCC(=O)N[C@@H](C)C(=O)N(C)CCCCN(CCO)CCCNC(=O)CC2. The Morgan fingerprint density at radius 1 is 1.09 bits per heavy atom. The Morgan fingerprint density at radius 3 is 2.57 bits per heavy atom. The number of carbonyl (C=O) groups is 3. The van der Waals surface area contributed by atoms with Crippen molar-refractivity contribution in [2.75, 3.05) is 60.1 Å². The maximum atomic E-state index is 12.6. The molecule has 0 aliphatic carbocycles. The van der Waals surface area contributed by atoms with E-state index in [1.807, 2.05) is 6.07 Å². The normalized spacial score (nSPS) is 20.6. The van der Waals surface area contributed by atoms with Crippen molar-refractivity contribution in [3.63, 3.8) is 0 Å². The van der Waals surface area contributed by atoms with Crippen molar-refractivity contribution >= 4 is 17.7 Å². The van der Waals surface area contributed by atoms with Gasteiger partial charge in [-0.05, 0) is 63.4 Å². The highest BCUT2D eigenvalue weighted by atomic mass is 16.5. The van der Waals surface area contributed by atoms with Gasteiger partial charge in [0.1, 0.15) is 6.04 Å². The average molecular weight is 493 g/mol. The van der Waals surface area contributed by atoms with Gasteiger partial charge in [-0.15, -0.1) is 0 Å². The van der Waals surface area contributed by atoms with Gasteiger partial charge in [0.05, 0.1) is 13.7 Å². The topological polar surface area (TPSA) is 120 Å². The summed E-state index contributed by atoms with van der Waals surface area (Å²) in [6.07, 6.45) is 3.33. The second-order valence-electron chi connectivity index (χ2n) is 8.80. The van der Waals surface area contributed by atoms with Crippen molar-refractivity contribution in [1.82, 2.24) is 20.4 Å². The van der Waals surface area contributed by atoms with Crippen molar-refractivity contribution in [2.24, 2.45) is 0 Å². The smallest absolute Gasteiger partial charge is 0.258 e. The van der Waals surface area contributed by atoms with E-state index >= 15 is 0 Å². The number of hydrogen-bond donors (Lipinski definition) is 3. The number of aryl methyl sites for hydroxylation is 1. The van der Waals surface area contributed by atoms with Crippen LogP contribution in [0.5, 0.6) is 11.5 Å². The van der Waals surface area contributed by atoms with Crippen LogP contribution in [-0.4, -0.2) is 98.8 Å². The molecular weight excluding hydrogens is 452 g/mol. The Kier molecular flexibility index (Phi) is 12.3. The summed E-state index contributed by atoms with van der Waals surface area (Å²) in [5, 5.41) is 15.0. The first-order valence-corrected chi connectivity index (χ1v) is 12.3. The number of ether oxygens (including phenoxy) is 2. The van der Waals surface area contributed by atoms with E-state index in [4.69, 9.17) is 9.47 Å². The van der Waals surface area contributed by atoms with Gasteiger partial charge in [0.2, 0.25) is 11.8 Å². The Bertz CT molecular complexity index is 834. The molecule has 0 saturated carbocycles. The molecule has 2 bridgehead atoms. The zero-order valence-electron chi connectivity index (χ0n) is 21.2. The number of carbonyl (C=O) groups excluding carboxylic acids is 3. The van der Waals surface area contributed by atoms with E-state index < -0.39 is 11.9 Å². The van der Waals surface area contributed by atoms with Crippen LogP contribution in [0.3, 0.4) is 0 Å². The van der Waals surface area contributed by atoms with Gasteiger partial charge in [0.25, 0.3) is 5.91 Å². The van der Waals surface area contributed by atoms with Crippen molar-refractivity contribution in [1.29, 1.82) is 0 Å². The third-order valence-corrected chi connectivity index (χ3v) is 5.96. The highest BCUT2D eigenvalue weighted by Gasteiger charge is 2.20. The van der Waals surface area contributed by atoms with Crippen LogP contribution in [0.4, 0.5) is 0 Å². The van der Waals surface area contributed by atoms with Crippen LogP contribution < -0.4 is 20.1 Å². The molecule has 0 spiro atoms. The standard InChI is InChI=1S/C25H40N4O6/c1-19-25(33)28(2)12-4-5-13-29(15-16-30)14-6-11-26-23(31)10-8-20-7-9-21(34-3)22(17-20)35-18-24(32)27-19/h7,9,17,19,30H,4-6,8,10-16,18H2,1-3H3,(H,26,31)(H,27,32)/t19-/m0/s1. The van der Waals surface area contributed by atoms with Crippen LogP contribution in [0.1, 0.15) is 38.2 Å². The lowest BCUT2D eigenvalue weighted by Crippen LogP contribution is -2.47. The fourth-order valence-electron chi connectivity index (χ4n) is 3.96. The molecule has 1 aliphatic heterocycles. The molecule has 1 aromatic carbocycles. The Morgan fingerprint density at radius 2 is 1.83 bits per heavy atom. The molecule has 3 N–H and O–H groups in total. The second kappa shape index (κ2) is 15.2. The van der Waals surface area contributed by atoms with E-state index in [0.29, 0.717) is 44.0 Å². The third-order valence-electron chi connectivity index (χ3n) is 5.96. The molecule has 3 amide bonds. The molecule has 1 aliphatic rings. The Hall–Kier alpha value is -2.85. The summed E-state index contributed by atoms with van der Waals surface area (Å²) >= 11 is 0. The summed E-state index contributed by atoms with van der Waals surface area (Å²) in [5.41, 5.74) is 0.887. The first-order valence-electron chi connectivity index (χ1n) is 12.3. The summed E-state index contributed by atoms with van der Waals surface area (Å²) in [6, 6.07) is 4.70. The van der Waals surface area contributed by atoms with E-state index in [1.165, 1.54) is 7.11 Å². The molecule has 1 heterocycles. The predicted molar refractivity (Wildman–Crippen MR) is 132 cm³/mol. The zero-order valence-corrected chi connectivity index (χ0v) is 21.2. The van der Waals surface area contributed by atoms with E-state index in [9.17, 15) is 19.5 Å². The molecule has 0 saturated heterocycles. The summed E-state index contributed by atoms with van der Waals surface area (Å²) < 4.78 is 11.0. The first-order chi connectivity index (χ1) is 16.8. The Labute approximate surface area is 207 Å². The molecule has 0 fully saturated rings. The second-order valence-corrected chi connectivity index (χ2v) is 8.80. The lowest BCUT2D eigenvalue weighted by atomic mass is 10.1. The summed E-state index contributed by atoms with van der Waals surface area (Å²) in [6.45, 7) is 4.78. The summed E-state index contributed by atoms with van der Waals surface area (Å²) in [4.78, 5) is 41.1. The molecule has 10 nitrogen and oxygen atoms in total. The van der Waals surface area contributed by atoms with Crippen LogP contribution in [0.2, 0.25) is 0 Å². The lowest BCUT2D eigenvalue weighted by molar-refractivity contribution is -0.135. The molecule has 0 radical (unpaired) electrons. The van der Waals surface area contributed by atoms with Crippen LogP contribution in [0, 0.1) is 0 Å². The van der Waals surface area contributed by atoms with Crippen molar-refractivity contribution < 1.29 is 29.0 Å². The Balaban J connectivity index is 2.08. The molecule has 2 rings (SSSR count). The monoisotopic (exact) mass is 492 g/mol. The first kappa shape index (κ1) is 28.4. The maximum absolute atomic E-state index is 12.6. The maximum Gasteiger partial charge on any atom is 0.258 e. The molecule has 0 unspecified atom stereocenters. The van der Waals surface area contributed by atoms with Crippen LogP contribution >= 0.6 is 0 Å². The quantitative estimate of drug-likeness (QED) is 0.564. The number of nitrogens with zero attached hydrogens (tertiary/aromatic N) is 2. The fourth-order valence-corrected chi connectivity index (χ4v) is 3.96. The number of aliphatic hydroxyl groups is 1. The van der Waals surface area contributed by atoms with Crippen LogP contribution in [-0.2, 0) is 20.8 Å². The van der Waals surface area contributed by atoms with Crippen molar-refractivity contribution in [3.8, 4) is 11.5 Å². The molecule has 1 atom stereocenters. The molecular formula is C25H40N4O6. The number of hydrogen-bond acceptors (Lipinski definition) is 7. The number of fused-ring (bicyclic) bond motifs is 2. The number of rotatable bonds is 3. The van der Waals surface area contributed by atoms with Gasteiger partial charge in [-0.2, -0.15) is 0 Å². The average Bonchev–Trinajstić information content (AvgIpc) is 2.85. The lowest BCUT2D eigenvalue weighted by Gasteiger charge is -2.24. The minimum atomic E-state index is -0.674. The van der Waals surface area contributed by atoms with Crippen molar-refractivity contribution in [2.45, 2.75) is 45.1 Å².